The molecule has 1 aromatic carbocycles. The molecule has 4 heteroatoms. The van der Waals surface area contributed by atoms with Crippen molar-refractivity contribution >= 4 is 0 Å². The molecule has 1 fully saturated rings. The van der Waals surface area contributed by atoms with Gasteiger partial charge in [-0.15, -0.1) is 0 Å². The van der Waals surface area contributed by atoms with E-state index < -0.39 is 11.7 Å². The van der Waals surface area contributed by atoms with Crippen LogP contribution in [0.5, 0.6) is 0 Å². The fourth-order valence-corrected chi connectivity index (χ4v) is 2.33. The van der Waals surface area contributed by atoms with Crippen molar-refractivity contribution in [1.82, 2.24) is 5.32 Å². The van der Waals surface area contributed by atoms with Crippen LogP contribution in [-0.4, -0.2) is 7.05 Å². The smallest absolute Gasteiger partial charge is 0.313 e. The minimum absolute atomic E-state index is 0.166. The van der Waals surface area contributed by atoms with E-state index in [0.717, 1.165) is 17.9 Å². The highest BCUT2D eigenvalue weighted by atomic mass is 19.4. The lowest BCUT2D eigenvalue weighted by Gasteiger charge is -2.20. The van der Waals surface area contributed by atoms with Crippen molar-refractivity contribution in [2.24, 2.45) is 5.92 Å². The zero-order chi connectivity index (χ0) is 13.3. The zero-order valence-electron chi connectivity index (χ0n) is 10.6. The molecular weight excluding hydrogens is 239 g/mol. The van der Waals surface area contributed by atoms with E-state index in [2.05, 4.69) is 5.32 Å². The third-order valence-corrected chi connectivity index (χ3v) is 3.59. The Balaban J connectivity index is 2.22. The van der Waals surface area contributed by atoms with Crippen molar-refractivity contribution in [3.05, 3.63) is 34.9 Å². The second-order valence-electron chi connectivity index (χ2n) is 5.09. The lowest BCUT2D eigenvalue weighted by Crippen LogP contribution is -2.18. The number of hydrogen-bond acceptors (Lipinski definition) is 1. The van der Waals surface area contributed by atoms with Gasteiger partial charge in [0.05, 0.1) is 5.56 Å². The maximum absolute atomic E-state index is 12.6. The van der Waals surface area contributed by atoms with Gasteiger partial charge in [-0.05, 0) is 49.6 Å². The number of benzene rings is 1. The van der Waals surface area contributed by atoms with Crippen molar-refractivity contribution < 1.29 is 13.2 Å². The Morgan fingerprint density at radius 2 is 2.00 bits per heavy atom. The Bertz CT molecular complexity index is 422. The molecule has 1 saturated carbocycles. The van der Waals surface area contributed by atoms with Crippen molar-refractivity contribution in [2.75, 3.05) is 7.05 Å². The standard InChI is InChI=1S/C14H18F3N/c1-9-7-11(14(15,16)17)5-6-12(9)13(18-2)8-10-3-4-10/h5-7,10,13,18H,3-4,8H2,1-2H3. The zero-order valence-corrected chi connectivity index (χ0v) is 10.6. The summed E-state index contributed by atoms with van der Waals surface area (Å²) in [7, 11) is 1.87. The molecule has 0 aliphatic heterocycles. The van der Waals surface area contributed by atoms with Crippen molar-refractivity contribution in [1.29, 1.82) is 0 Å². The fourth-order valence-electron chi connectivity index (χ4n) is 2.33. The van der Waals surface area contributed by atoms with Crippen LogP contribution in [0.15, 0.2) is 18.2 Å². The van der Waals surface area contributed by atoms with Gasteiger partial charge in [0.15, 0.2) is 0 Å². The summed E-state index contributed by atoms with van der Waals surface area (Å²) in [4.78, 5) is 0. The van der Waals surface area contributed by atoms with E-state index in [1.165, 1.54) is 25.0 Å². The molecule has 1 N–H and O–H groups in total. The number of alkyl halides is 3. The van der Waals surface area contributed by atoms with Crippen LogP contribution in [0.1, 0.15) is 42.0 Å². The summed E-state index contributed by atoms with van der Waals surface area (Å²) in [6.07, 6.45) is -0.743. The van der Waals surface area contributed by atoms with Crippen LogP contribution in [0.25, 0.3) is 0 Å². The molecular formula is C14H18F3N. The Hall–Kier alpha value is -1.03. The summed E-state index contributed by atoms with van der Waals surface area (Å²) in [6, 6.07) is 4.20. The minimum atomic E-state index is -4.26. The Morgan fingerprint density at radius 3 is 2.44 bits per heavy atom. The van der Waals surface area contributed by atoms with E-state index >= 15 is 0 Å². The maximum atomic E-state index is 12.6. The highest BCUT2D eigenvalue weighted by molar-refractivity contribution is 5.34. The van der Waals surface area contributed by atoms with Gasteiger partial charge >= 0.3 is 6.18 Å². The minimum Gasteiger partial charge on any atom is -0.313 e. The van der Waals surface area contributed by atoms with Gasteiger partial charge in [0.2, 0.25) is 0 Å². The van der Waals surface area contributed by atoms with Crippen LogP contribution in [0, 0.1) is 12.8 Å². The quantitative estimate of drug-likeness (QED) is 0.857. The molecule has 1 nitrogen and oxygen atoms in total. The van der Waals surface area contributed by atoms with Crippen LogP contribution in [0.3, 0.4) is 0 Å². The Labute approximate surface area is 105 Å². The lowest BCUT2D eigenvalue weighted by molar-refractivity contribution is -0.137. The molecule has 100 valence electrons. The average molecular weight is 257 g/mol. The van der Waals surface area contributed by atoms with E-state index in [0.29, 0.717) is 5.56 Å². The second-order valence-corrected chi connectivity index (χ2v) is 5.09. The first-order valence-corrected chi connectivity index (χ1v) is 6.27. The topological polar surface area (TPSA) is 12.0 Å². The first-order chi connectivity index (χ1) is 8.41. The summed E-state index contributed by atoms with van der Waals surface area (Å²) in [6.45, 7) is 1.75. The number of rotatable bonds is 4. The third kappa shape index (κ3) is 3.05. The van der Waals surface area contributed by atoms with Gasteiger partial charge < -0.3 is 5.32 Å². The van der Waals surface area contributed by atoms with Gasteiger partial charge in [-0.1, -0.05) is 18.9 Å². The molecule has 0 heterocycles. The molecule has 1 aliphatic carbocycles. The first kappa shape index (κ1) is 13.4. The van der Waals surface area contributed by atoms with Crippen LogP contribution in [0.2, 0.25) is 0 Å². The van der Waals surface area contributed by atoms with Crippen molar-refractivity contribution in [3.8, 4) is 0 Å². The van der Waals surface area contributed by atoms with E-state index in [1.807, 2.05) is 7.05 Å². The molecule has 0 amide bonds. The number of nitrogens with one attached hydrogen (secondary N) is 1. The van der Waals surface area contributed by atoms with Crippen LogP contribution >= 0.6 is 0 Å². The number of aryl methyl sites for hydroxylation is 1. The Morgan fingerprint density at radius 1 is 1.33 bits per heavy atom. The summed E-state index contributed by atoms with van der Waals surface area (Å²) in [5.74, 6) is 0.740. The lowest BCUT2D eigenvalue weighted by atomic mass is 9.95. The first-order valence-electron chi connectivity index (χ1n) is 6.27. The molecule has 0 aromatic heterocycles. The molecule has 0 saturated heterocycles. The molecule has 2 rings (SSSR count). The van der Waals surface area contributed by atoms with Crippen molar-refractivity contribution in [2.45, 2.75) is 38.4 Å². The fraction of sp³-hybridized carbons (Fsp3) is 0.571. The maximum Gasteiger partial charge on any atom is 0.416 e. The van der Waals surface area contributed by atoms with E-state index in [4.69, 9.17) is 0 Å². The molecule has 0 radical (unpaired) electrons. The van der Waals surface area contributed by atoms with Gasteiger partial charge in [0.25, 0.3) is 0 Å². The van der Waals surface area contributed by atoms with Gasteiger partial charge in [-0.3, -0.25) is 0 Å². The van der Waals surface area contributed by atoms with Gasteiger partial charge in [-0.25, -0.2) is 0 Å². The summed E-state index contributed by atoms with van der Waals surface area (Å²) in [5, 5.41) is 3.21. The van der Waals surface area contributed by atoms with Gasteiger partial charge in [0, 0.05) is 6.04 Å². The number of hydrogen-bond donors (Lipinski definition) is 1. The highest BCUT2D eigenvalue weighted by Crippen LogP contribution is 2.39. The third-order valence-electron chi connectivity index (χ3n) is 3.59. The van der Waals surface area contributed by atoms with Crippen molar-refractivity contribution in [3.63, 3.8) is 0 Å². The highest BCUT2D eigenvalue weighted by Gasteiger charge is 2.31. The average Bonchev–Trinajstić information content (AvgIpc) is 3.09. The number of halogens is 3. The molecule has 1 unspecified atom stereocenters. The van der Waals surface area contributed by atoms with E-state index in [-0.39, 0.29) is 6.04 Å². The molecule has 0 bridgehead atoms. The predicted octanol–water partition coefficient (Wildman–Crippen LogP) is 4.07. The second kappa shape index (κ2) is 4.92. The monoisotopic (exact) mass is 257 g/mol. The normalized spacial score (nSPS) is 17.8. The van der Waals surface area contributed by atoms with Gasteiger partial charge in [-0.2, -0.15) is 13.2 Å². The van der Waals surface area contributed by atoms with Crippen LogP contribution in [-0.2, 0) is 6.18 Å². The van der Waals surface area contributed by atoms with Gasteiger partial charge in [0.1, 0.15) is 0 Å². The van der Waals surface area contributed by atoms with Crippen LogP contribution < -0.4 is 5.32 Å². The van der Waals surface area contributed by atoms with E-state index in [9.17, 15) is 13.2 Å². The predicted molar refractivity (Wildman–Crippen MR) is 65.3 cm³/mol. The Kier molecular flexibility index (Phi) is 3.66. The summed E-state index contributed by atoms with van der Waals surface area (Å²) >= 11 is 0. The SMILES string of the molecule is CNC(CC1CC1)c1ccc(C(F)(F)F)cc1C. The van der Waals surface area contributed by atoms with Crippen LogP contribution in [0.4, 0.5) is 13.2 Å². The summed E-state index contributed by atoms with van der Waals surface area (Å²) < 4.78 is 37.8. The molecule has 1 atom stereocenters. The molecule has 18 heavy (non-hydrogen) atoms. The summed E-state index contributed by atoms with van der Waals surface area (Å²) in [5.41, 5.74) is 1.13. The molecule has 1 aliphatic rings. The largest absolute Gasteiger partial charge is 0.416 e. The van der Waals surface area contributed by atoms with E-state index in [1.54, 1.807) is 13.0 Å². The molecule has 1 aromatic rings. The molecule has 0 spiro atoms.